The molecular formula is C18H29N3O. The van der Waals surface area contributed by atoms with Crippen LogP contribution in [-0.4, -0.2) is 36.5 Å². The molecule has 22 heavy (non-hydrogen) atoms. The summed E-state index contributed by atoms with van der Waals surface area (Å²) in [5.41, 5.74) is 7.24. The molecule has 1 aliphatic heterocycles. The molecule has 4 nitrogen and oxygen atoms in total. The summed E-state index contributed by atoms with van der Waals surface area (Å²) in [5, 5.41) is 3.02. The zero-order valence-corrected chi connectivity index (χ0v) is 13.8. The van der Waals surface area contributed by atoms with Crippen molar-refractivity contribution in [1.29, 1.82) is 0 Å². The fourth-order valence-corrected chi connectivity index (χ4v) is 2.86. The van der Waals surface area contributed by atoms with Gasteiger partial charge in [-0.1, -0.05) is 44.2 Å². The normalized spacial score (nSPS) is 18.4. The quantitative estimate of drug-likeness (QED) is 0.845. The van der Waals surface area contributed by atoms with E-state index >= 15 is 0 Å². The van der Waals surface area contributed by atoms with Crippen LogP contribution < -0.4 is 11.1 Å². The summed E-state index contributed by atoms with van der Waals surface area (Å²) in [6.07, 6.45) is 2.29. The Morgan fingerprint density at radius 3 is 2.50 bits per heavy atom. The highest BCUT2D eigenvalue weighted by molar-refractivity contribution is 5.81. The van der Waals surface area contributed by atoms with Gasteiger partial charge in [0.05, 0.1) is 6.04 Å². The highest BCUT2D eigenvalue weighted by Crippen LogP contribution is 2.18. The minimum absolute atomic E-state index is 0.0123. The summed E-state index contributed by atoms with van der Waals surface area (Å²) in [5.74, 6) is 0.754. The molecule has 1 atom stereocenters. The van der Waals surface area contributed by atoms with Crippen LogP contribution in [0.2, 0.25) is 0 Å². The summed E-state index contributed by atoms with van der Waals surface area (Å²) < 4.78 is 0. The van der Waals surface area contributed by atoms with Crippen molar-refractivity contribution in [2.75, 3.05) is 19.6 Å². The molecule has 4 heteroatoms. The lowest BCUT2D eigenvalue weighted by molar-refractivity contribution is -0.123. The van der Waals surface area contributed by atoms with Gasteiger partial charge in [-0.3, -0.25) is 9.69 Å². The van der Waals surface area contributed by atoms with Crippen LogP contribution in [0, 0.1) is 11.8 Å². The predicted molar refractivity (Wildman–Crippen MR) is 90.3 cm³/mol. The van der Waals surface area contributed by atoms with Gasteiger partial charge in [-0.15, -0.1) is 0 Å². The van der Waals surface area contributed by atoms with Crippen LogP contribution in [0.3, 0.4) is 0 Å². The average molecular weight is 303 g/mol. The molecule has 1 aromatic carbocycles. The smallest absolute Gasteiger partial charge is 0.237 e. The van der Waals surface area contributed by atoms with E-state index in [0.717, 1.165) is 39.0 Å². The molecule has 1 saturated heterocycles. The molecule has 0 spiro atoms. The Balaban J connectivity index is 1.68. The first-order valence-electron chi connectivity index (χ1n) is 8.36. The zero-order valence-electron chi connectivity index (χ0n) is 13.8. The Bertz CT molecular complexity index is 453. The fourth-order valence-electron chi connectivity index (χ4n) is 2.86. The Morgan fingerprint density at radius 2 is 1.91 bits per heavy atom. The second-order valence-corrected chi connectivity index (χ2v) is 6.72. The second-order valence-electron chi connectivity index (χ2n) is 6.72. The monoisotopic (exact) mass is 303 g/mol. The molecule has 1 unspecified atom stereocenters. The number of carbonyl (C=O) groups excluding carboxylic acids is 1. The van der Waals surface area contributed by atoms with Gasteiger partial charge in [0, 0.05) is 13.1 Å². The largest absolute Gasteiger partial charge is 0.354 e. The zero-order chi connectivity index (χ0) is 15.9. The number of nitrogens with one attached hydrogen (secondary N) is 1. The first-order valence-corrected chi connectivity index (χ1v) is 8.36. The maximum atomic E-state index is 11.9. The van der Waals surface area contributed by atoms with E-state index in [1.807, 2.05) is 13.8 Å². The highest BCUT2D eigenvalue weighted by Gasteiger charge is 2.22. The van der Waals surface area contributed by atoms with E-state index < -0.39 is 6.04 Å². The van der Waals surface area contributed by atoms with E-state index in [9.17, 15) is 4.79 Å². The third kappa shape index (κ3) is 5.11. The van der Waals surface area contributed by atoms with Gasteiger partial charge in [-0.25, -0.2) is 0 Å². The van der Waals surface area contributed by atoms with Crippen LogP contribution in [0.1, 0.15) is 32.3 Å². The van der Waals surface area contributed by atoms with E-state index in [-0.39, 0.29) is 11.8 Å². The molecule has 0 aromatic heterocycles. The van der Waals surface area contributed by atoms with Gasteiger partial charge >= 0.3 is 0 Å². The SMILES string of the molecule is CC(C)C(N)C(=O)NCC1CCN(Cc2ccccc2)CC1. The first-order chi connectivity index (χ1) is 10.6. The number of piperidine rings is 1. The second kappa shape index (κ2) is 8.30. The maximum absolute atomic E-state index is 11.9. The van der Waals surface area contributed by atoms with Gasteiger partial charge < -0.3 is 11.1 Å². The van der Waals surface area contributed by atoms with Crippen LogP contribution in [-0.2, 0) is 11.3 Å². The van der Waals surface area contributed by atoms with Crippen molar-refractivity contribution in [3.8, 4) is 0 Å². The maximum Gasteiger partial charge on any atom is 0.237 e. The fraction of sp³-hybridized carbons (Fsp3) is 0.611. The van der Waals surface area contributed by atoms with Crippen LogP contribution in [0.5, 0.6) is 0 Å². The molecule has 0 aliphatic carbocycles. The van der Waals surface area contributed by atoms with Crippen LogP contribution in [0.15, 0.2) is 30.3 Å². The van der Waals surface area contributed by atoms with Gasteiger partial charge in [-0.05, 0) is 43.3 Å². The molecule has 0 saturated carbocycles. The van der Waals surface area contributed by atoms with Gasteiger partial charge in [-0.2, -0.15) is 0 Å². The molecule has 0 bridgehead atoms. The van der Waals surface area contributed by atoms with Gasteiger partial charge in [0.15, 0.2) is 0 Å². The predicted octanol–water partition coefficient (Wildman–Crippen LogP) is 2.00. The van der Waals surface area contributed by atoms with Crippen LogP contribution in [0.25, 0.3) is 0 Å². The number of nitrogens with two attached hydrogens (primary N) is 1. The number of rotatable bonds is 6. The summed E-state index contributed by atoms with van der Waals surface area (Å²) >= 11 is 0. The minimum atomic E-state index is -0.391. The van der Waals surface area contributed by atoms with E-state index in [4.69, 9.17) is 5.73 Å². The number of carbonyl (C=O) groups is 1. The Labute approximate surface area is 134 Å². The Kier molecular flexibility index (Phi) is 6.40. The molecule has 1 heterocycles. The van der Waals surface area contributed by atoms with E-state index in [0.29, 0.717) is 5.92 Å². The molecule has 1 aromatic rings. The van der Waals surface area contributed by atoms with E-state index in [2.05, 4.69) is 40.5 Å². The summed E-state index contributed by atoms with van der Waals surface area (Å²) in [6, 6.07) is 10.2. The lowest BCUT2D eigenvalue weighted by Gasteiger charge is -2.32. The number of hydrogen-bond donors (Lipinski definition) is 2. The molecule has 122 valence electrons. The molecule has 0 radical (unpaired) electrons. The molecular weight excluding hydrogens is 274 g/mol. The van der Waals surface area contributed by atoms with Crippen molar-refractivity contribution in [2.45, 2.75) is 39.3 Å². The van der Waals surface area contributed by atoms with Crippen molar-refractivity contribution < 1.29 is 4.79 Å². The van der Waals surface area contributed by atoms with Gasteiger partial charge in [0.2, 0.25) is 5.91 Å². The molecule has 1 fully saturated rings. The Morgan fingerprint density at radius 1 is 1.27 bits per heavy atom. The highest BCUT2D eigenvalue weighted by atomic mass is 16.2. The van der Waals surface area contributed by atoms with Gasteiger partial charge in [0.1, 0.15) is 0 Å². The first kappa shape index (κ1) is 17.0. The number of likely N-dealkylation sites (tertiary alicyclic amines) is 1. The number of amides is 1. The van der Waals surface area contributed by atoms with Crippen molar-refractivity contribution in [1.82, 2.24) is 10.2 Å². The lowest BCUT2D eigenvalue weighted by Crippen LogP contribution is -2.46. The lowest BCUT2D eigenvalue weighted by atomic mass is 9.96. The summed E-state index contributed by atoms with van der Waals surface area (Å²) in [6.45, 7) is 7.95. The summed E-state index contributed by atoms with van der Waals surface area (Å²) in [4.78, 5) is 14.4. The molecule has 2 rings (SSSR count). The molecule has 3 N–H and O–H groups in total. The minimum Gasteiger partial charge on any atom is -0.354 e. The third-order valence-corrected chi connectivity index (χ3v) is 4.54. The summed E-state index contributed by atoms with van der Waals surface area (Å²) in [7, 11) is 0. The molecule has 1 amide bonds. The van der Waals surface area contributed by atoms with Crippen LogP contribution >= 0.6 is 0 Å². The number of nitrogens with zero attached hydrogens (tertiary/aromatic N) is 1. The average Bonchev–Trinajstić information content (AvgIpc) is 2.54. The van der Waals surface area contributed by atoms with Crippen molar-refractivity contribution >= 4 is 5.91 Å². The Hall–Kier alpha value is -1.39. The van der Waals surface area contributed by atoms with Crippen molar-refractivity contribution in [3.05, 3.63) is 35.9 Å². The van der Waals surface area contributed by atoms with Crippen LogP contribution in [0.4, 0.5) is 0 Å². The van der Waals surface area contributed by atoms with Crippen molar-refractivity contribution in [2.24, 2.45) is 17.6 Å². The number of hydrogen-bond acceptors (Lipinski definition) is 3. The topological polar surface area (TPSA) is 58.4 Å². The van der Waals surface area contributed by atoms with Crippen molar-refractivity contribution in [3.63, 3.8) is 0 Å². The standard InChI is InChI=1S/C18H29N3O/c1-14(2)17(19)18(22)20-12-15-8-10-21(11-9-15)13-16-6-4-3-5-7-16/h3-7,14-15,17H,8-13,19H2,1-2H3,(H,20,22). The van der Waals surface area contributed by atoms with E-state index in [1.54, 1.807) is 0 Å². The molecule has 1 aliphatic rings. The number of benzene rings is 1. The van der Waals surface area contributed by atoms with E-state index in [1.165, 1.54) is 5.56 Å². The third-order valence-electron chi connectivity index (χ3n) is 4.54. The van der Waals surface area contributed by atoms with Gasteiger partial charge in [0.25, 0.3) is 0 Å².